The average molecular weight is 150 g/mol. The van der Waals surface area contributed by atoms with Gasteiger partial charge in [0.2, 0.25) is 0 Å². The summed E-state index contributed by atoms with van der Waals surface area (Å²) in [5.74, 6) is 0. The molecule has 1 aromatic rings. The van der Waals surface area contributed by atoms with E-state index in [0.29, 0.717) is 0 Å². The summed E-state index contributed by atoms with van der Waals surface area (Å²) in [4.78, 5) is 0. The van der Waals surface area contributed by atoms with Crippen LogP contribution >= 0.6 is 0 Å². The van der Waals surface area contributed by atoms with E-state index in [0.717, 1.165) is 6.42 Å². The SMILES string of the molecule is C1=CCC(c2ccccc2)=C1.[LiH]. The molecule has 0 aromatic heterocycles. The van der Waals surface area contributed by atoms with E-state index < -0.39 is 0 Å². The Bertz CT molecular complexity index is 296. The summed E-state index contributed by atoms with van der Waals surface area (Å²) in [6.45, 7) is 0. The van der Waals surface area contributed by atoms with Crippen molar-refractivity contribution in [1.82, 2.24) is 0 Å². The van der Waals surface area contributed by atoms with Crippen molar-refractivity contribution in [3.05, 3.63) is 54.1 Å². The summed E-state index contributed by atoms with van der Waals surface area (Å²) in [5.41, 5.74) is 2.77. The van der Waals surface area contributed by atoms with E-state index in [1.165, 1.54) is 11.1 Å². The molecule has 0 heterocycles. The zero-order valence-corrected chi connectivity index (χ0v) is 6.33. The van der Waals surface area contributed by atoms with Crippen molar-refractivity contribution in [2.24, 2.45) is 0 Å². The minimum atomic E-state index is 0. The van der Waals surface area contributed by atoms with E-state index in [4.69, 9.17) is 0 Å². The second-order valence-corrected chi connectivity index (χ2v) is 2.69. The molecule has 56 valence electrons. The molecule has 0 nitrogen and oxygen atoms in total. The zero-order valence-electron chi connectivity index (χ0n) is 6.33. The molecule has 0 N–H and O–H groups in total. The maximum atomic E-state index is 2.18. The van der Waals surface area contributed by atoms with Gasteiger partial charge in [-0.1, -0.05) is 48.6 Å². The Labute approximate surface area is 85.2 Å². The molecule has 0 saturated heterocycles. The van der Waals surface area contributed by atoms with Crippen molar-refractivity contribution in [2.75, 3.05) is 0 Å². The Kier molecular flexibility index (Phi) is 3.41. The van der Waals surface area contributed by atoms with Crippen molar-refractivity contribution >= 4 is 24.4 Å². The molecule has 12 heavy (non-hydrogen) atoms. The van der Waals surface area contributed by atoms with E-state index in [1.54, 1.807) is 0 Å². The topological polar surface area (TPSA) is 0 Å². The minimum absolute atomic E-state index is 0. The first kappa shape index (κ1) is 9.39. The fourth-order valence-electron chi connectivity index (χ4n) is 1.31. The van der Waals surface area contributed by atoms with Gasteiger partial charge >= 0.3 is 18.9 Å². The molecule has 0 atom stereocenters. The molecular weight excluding hydrogens is 139 g/mol. The molecule has 0 bridgehead atoms. The van der Waals surface area contributed by atoms with Crippen LogP contribution in [-0.4, -0.2) is 18.9 Å². The zero-order chi connectivity index (χ0) is 7.52. The van der Waals surface area contributed by atoms with Crippen LogP contribution in [0, 0.1) is 0 Å². The van der Waals surface area contributed by atoms with Gasteiger partial charge in [-0.15, -0.1) is 0 Å². The summed E-state index contributed by atoms with van der Waals surface area (Å²) in [7, 11) is 0. The Morgan fingerprint density at radius 2 is 1.75 bits per heavy atom. The fourth-order valence-corrected chi connectivity index (χ4v) is 1.31. The number of hydrogen-bond acceptors (Lipinski definition) is 0. The van der Waals surface area contributed by atoms with Crippen molar-refractivity contribution in [3.63, 3.8) is 0 Å². The van der Waals surface area contributed by atoms with Crippen LogP contribution in [0.1, 0.15) is 12.0 Å². The van der Waals surface area contributed by atoms with Crippen molar-refractivity contribution in [1.29, 1.82) is 0 Å². The Morgan fingerprint density at radius 1 is 1.00 bits per heavy atom. The van der Waals surface area contributed by atoms with E-state index in [1.807, 2.05) is 6.07 Å². The number of hydrogen-bond donors (Lipinski definition) is 0. The van der Waals surface area contributed by atoms with Gasteiger partial charge in [-0.2, -0.15) is 0 Å². The van der Waals surface area contributed by atoms with Gasteiger partial charge in [-0.25, -0.2) is 0 Å². The van der Waals surface area contributed by atoms with Crippen LogP contribution in [0.5, 0.6) is 0 Å². The van der Waals surface area contributed by atoms with Crippen LogP contribution < -0.4 is 0 Å². The van der Waals surface area contributed by atoms with Gasteiger partial charge in [0.15, 0.2) is 0 Å². The molecule has 0 radical (unpaired) electrons. The number of allylic oxidation sites excluding steroid dienone is 4. The van der Waals surface area contributed by atoms with Gasteiger partial charge in [0.25, 0.3) is 0 Å². The second kappa shape index (κ2) is 4.35. The maximum absolute atomic E-state index is 2.18. The average Bonchev–Trinajstić information content (AvgIpc) is 2.58. The molecule has 1 aromatic carbocycles. The molecule has 1 aliphatic carbocycles. The Morgan fingerprint density at radius 3 is 2.33 bits per heavy atom. The van der Waals surface area contributed by atoms with Crippen LogP contribution in [-0.2, 0) is 0 Å². The second-order valence-electron chi connectivity index (χ2n) is 2.69. The van der Waals surface area contributed by atoms with E-state index in [2.05, 4.69) is 42.5 Å². The predicted molar refractivity (Wildman–Crippen MR) is 55.3 cm³/mol. The van der Waals surface area contributed by atoms with Crippen LogP contribution in [0.15, 0.2) is 48.6 Å². The summed E-state index contributed by atoms with van der Waals surface area (Å²) in [6, 6.07) is 10.5. The van der Waals surface area contributed by atoms with E-state index in [9.17, 15) is 0 Å². The van der Waals surface area contributed by atoms with Crippen molar-refractivity contribution < 1.29 is 0 Å². The Balaban J connectivity index is 0.000000720. The van der Waals surface area contributed by atoms with Gasteiger partial charge in [0.05, 0.1) is 0 Å². The monoisotopic (exact) mass is 150 g/mol. The number of rotatable bonds is 1. The molecule has 0 spiro atoms. The van der Waals surface area contributed by atoms with Gasteiger partial charge < -0.3 is 0 Å². The van der Waals surface area contributed by atoms with Gasteiger partial charge in [0, 0.05) is 0 Å². The summed E-state index contributed by atoms with van der Waals surface area (Å²) in [6.07, 6.45) is 7.56. The van der Waals surface area contributed by atoms with Crippen LogP contribution in [0.2, 0.25) is 0 Å². The molecule has 0 unspecified atom stereocenters. The molecule has 2 rings (SSSR count). The normalized spacial score (nSPS) is 13.8. The third-order valence-corrected chi connectivity index (χ3v) is 1.92. The molecular formula is C11H11Li. The molecule has 1 aliphatic rings. The quantitative estimate of drug-likeness (QED) is 0.539. The molecule has 0 fully saturated rings. The van der Waals surface area contributed by atoms with Crippen LogP contribution in [0.25, 0.3) is 5.57 Å². The van der Waals surface area contributed by atoms with Crippen LogP contribution in [0.4, 0.5) is 0 Å². The number of benzene rings is 1. The summed E-state index contributed by atoms with van der Waals surface area (Å²) < 4.78 is 0. The van der Waals surface area contributed by atoms with E-state index >= 15 is 0 Å². The third kappa shape index (κ3) is 1.91. The first-order valence-corrected chi connectivity index (χ1v) is 3.88. The van der Waals surface area contributed by atoms with Crippen molar-refractivity contribution in [3.8, 4) is 0 Å². The summed E-state index contributed by atoms with van der Waals surface area (Å²) >= 11 is 0. The first-order chi connectivity index (χ1) is 5.47. The van der Waals surface area contributed by atoms with Gasteiger partial charge in [0.1, 0.15) is 0 Å². The third-order valence-electron chi connectivity index (χ3n) is 1.92. The standard InChI is InChI=1S/C11H10.Li.H/c1-2-6-10(7-3-1)11-8-4-5-9-11;;/h1-8H,9H2;;. The molecule has 0 saturated carbocycles. The molecule has 0 amide bonds. The van der Waals surface area contributed by atoms with Crippen LogP contribution in [0.3, 0.4) is 0 Å². The molecule has 0 aliphatic heterocycles. The summed E-state index contributed by atoms with van der Waals surface area (Å²) in [5, 5.41) is 0. The van der Waals surface area contributed by atoms with Gasteiger partial charge in [-0.3, -0.25) is 0 Å². The predicted octanol–water partition coefficient (Wildman–Crippen LogP) is 2.38. The molecule has 1 heteroatoms. The van der Waals surface area contributed by atoms with Crippen molar-refractivity contribution in [2.45, 2.75) is 6.42 Å². The first-order valence-electron chi connectivity index (χ1n) is 3.88. The van der Waals surface area contributed by atoms with E-state index in [-0.39, 0.29) is 18.9 Å². The fraction of sp³-hybridized carbons (Fsp3) is 0.0909. The Hall–Kier alpha value is -0.703. The van der Waals surface area contributed by atoms with Gasteiger partial charge in [-0.05, 0) is 17.6 Å².